The van der Waals surface area contributed by atoms with Gasteiger partial charge in [-0.05, 0) is 117 Å². The van der Waals surface area contributed by atoms with Crippen molar-refractivity contribution in [3.8, 4) is 6.07 Å². The molecule has 0 aliphatic heterocycles. The SMILES string of the molecule is CCC[C@H]1CC[C@@H]2C3CC[C@@]4(C)C(CCC4[C@@H](C)Nc4ccc(C#N)cn4)[C@@H]3CC[C@@H]2C1. The van der Waals surface area contributed by atoms with E-state index in [1.54, 1.807) is 12.6 Å². The van der Waals surface area contributed by atoms with Crippen molar-refractivity contribution in [2.45, 2.75) is 97.4 Å². The lowest BCUT2D eigenvalue weighted by Crippen LogP contribution is -2.50. The first kappa shape index (κ1) is 22.2. The Morgan fingerprint density at radius 3 is 2.69 bits per heavy atom. The van der Waals surface area contributed by atoms with Crippen LogP contribution in [0.15, 0.2) is 18.3 Å². The molecule has 0 amide bonds. The fourth-order valence-corrected chi connectivity index (χ4v) is 9.36. The Morgan fingerprint density at radius 2 is 1.94 bits per heavy atom. The van der Waals surface area contributed by atoms with Gasteiger partial charge in [-0.3, -0.25) is 0 Å². The van der Waals surface area contributed by atoms with Crippen molar-refractivity contribution in [3.05, 3.63) is 23.9 Å². The molecule has 0 spiro atoms. The highest BCUT2D eigenvalue weighted by Crippen LogP contribution is 2.65. The summed E-state index contributed by atoms with van der Waals surface area (Å²) in [5, 5.41) is 12.7. The van der Waals surface area contributed by atoms with Gasteiger partial charge in [0.1, 0.15) is 11.9 Å². The van der Waals surface area contributed by atoms with Crippen molar-refractivity contribution in [2.24, 2.45) is 46.8 Å². The van der Waals surface area contributed by atoms with Gasteiger partial charge in [0.15, 0.2) is 0 Å². The van der Waals surface area contributed by atoms with E-state index < -0.39 is 0 Å². The Hall–Kier alpha value is -1.56. The summed E-state index contributed by atoms with van der Waals surface area (Å²) in [5.74, 6) is 7.71. The van der Waals surface area contributed by atoms with Crippen molar-refractivity contribution in [2.75, 3.05) is 5.32 Å². The summed E-state index contributed by atoms with van der Waals surface area (Å²) in [7, 11) is 0. The molecule has 4 aliphatic carbocycles. The summed E-state index contributed by atoms with van der Waals surface area (Å²) in [4.78, 5) is 4.48. The van der Waals surface area contributed by atoms with Gasteiger partial charge < -0.3 is 5.32 Å². The van der Waals surface area contributed by atoms with Crippen LogP contribution in [0, 0.1) is 58.2 Å². The van der Waals surface area contributed by atoms with Crippen LogP contribution in [-0.4, -0.2) is 11.0 Å². The van der Waals surface area contributed by atoms with Crippen LogP contribution in [-0.2, 0) is 0 Å². The van der Waals surface area contributed by atoms with E-state index in [2.05, 4.69) is 37.1 Å². The second kappa shape index (κ2) is 9.00. The van der Waals surface area contributed by atoms with Crippen LogP contribution < -0.4 is 5.32 Å². The van der Waals surface area contributed by atoms with Gasteiger partial charge in [0.25, 0.3) is 0 Å². The van der Waals surface area contributed by atoms with E-state index in [-0.39, 0.29) is 0 Å². The fraction of sp³-hybridized carbons (Fsp3) is 0.793. The van der Waals surface area contributed by atoms with Crippen LogP contribution >= 0.6 is 0 Å². The first-order valence-corrected chi connectivity index (χ1v) is 13.7. The summed E-state index contributed by atoms with van der Waals surface area (Å²) >= 11 is 0. The van der Waals surface area contributed by atoms with Gasteiger partial charge >= 0.3 is 0 Å². The minimum atomic E-state index is 0.433. The number of hydrogen-bond acceptors (Lipinski definition) is 3. The molecule has 1 N–H and O–H groups in total. The van der Waals surface area contributed by atoms with Crippen LogP contribution in [0.2, 0.25) is 0 Å². The molecule has 4 aliphatic rings. The molecule has 3 nitrogen and oxygen atoms in total. The highest BCUT2D eigenvalue weighted by Gasteiger charge is 2.57. The number of rotatable bonds is 5. The monoisotopic (exact) mass is 433 g/mol. The number of fused-ring (bicyclic) bond motifs is 5. The van der Waals surface area contributed by atoms with Crippen molar-refractivity contribution in [1.29, 1.82) is 5.26 Å². The van der Waals surface area contributed by atoms with Gasteiger partial charge in [0, 0.05) is 12.2 Å². The van der Waals surface area contributed by atoms with Gasteiger partial charge in [0.2, 0.25) is 0 Å². The number of aromatic nitrogens is 1. The zero-order chi connectivity index (χ0) is 22.3. The van der Waals surface area contributed by atoms with Crippen LogP contribution in [0.25, 0.3) is 0 Å². The van der Waals surface area contributed by atoms with E-state index in [1.807, 2.05) is 12.1 Å². The third-order valence-corrected chi connectivity index (χ3v) is 10.7. The maximum atomic E-state index is 9.04. The summed E-state index contributed by atoms with van der Waals surface area (Å²) in [6, 6.07) is 6.45. The number of pyridine rings is 1. The zero-order valence-corrected chi connectivity index (χ0v) is 20.5. The number of nitriles is 1. The number of hydrogen-bond donors (Lipinski definition) is 1. The number of nitrogens with one attached hydrogen (secondary N) is 1. The van der Waals surface area contributed by atoms with Gasteiger partial charge in [-0.15, -0.1) is 0 Å². The molecule has 0 aromatic carbocycles. The Morgan fingerprint density at radius 1 is 1.09 bits per heavy atom. The molecule has 3 unspecified atom stereocenters. The molecule has 1 heterocycles. The molecule has 5 rings (SSSR count). The van der Waals surface area contributed by atoms with E-state index >= 15 is 0 Å². The van der Waals surface area contributed by atoms with Crippen LogP contribution in [0.5, 0.6) is 0 Å². The third-order valence-electron chi connectivity index (χ3n) is 10.7. The predicted octanol–water partition coefficient (Wildman–Crippen LogP) is 7.44. The normalized spacial score (nSPS) is 41.6. The van der Waals surface area contributed by atoms with E-state index in [4.69, 9.17) is 5.26 Å². The van der Waals surface area contributed by atoms with Crippen LogP contribution in [0.1, 0.15) is 97.0 Å². The molecule has 174 valence electrons. The summed E-state index contributed by atoms with van der Waals surface area (Å²) in [6.07, 6.45) is 17.9. The summed E-state index contributed by atoms with van der Waals surface area (Å²) in [5.41, 5.74) is 1.11. The van der Waals surface area contributed by atoms with Crippen LogP contribution in [0.4, 0.5) is 5.82 Å². The topological polar surface area (TPSA) is 48.7 Å². The van der Waals surface area contributed by atoms with Gasteiger partial charge in [-0.25, -0.2) is 4.98 Å². The first-order chi connectivity index (χ1) is 15.5. The van der Waals surface area contributed by atoms with Crippen LogP contribution in [0.3, 0.4) is 0 Å². The molecule has 0 radical (unpaired) electrons. The second-order valence-corrected chi connectivity index (χ2v) is 12.1. The van der Waals surface area contributed by atoms with Gasteiger partial charge in [-0.2, -0.15) is 5.26 Å². The Kier molecular flexibility index (Phi) is 6.26. The molecule has 4 saturated carbocycles. The first-order valence-electron chi connectivity index (χ1n) is 13.7. The van der Waals surface area contributed by atoms with E-state index in [9.17, 15) is 0 Å². The average Bonchev–Trinajstić information content (AvgIpc) is 3.17. The molecule has 0 bridgehead atoms. The standard InChI is InChI=1S/C29H43N3/c1-4-5-20-6-9-23-22(16-20)8-10-25-24(23)14-15-29(3)26(11-12-27(25)29)19(2)32-28-13-7-21(17-30)18-31-28/h7,13,18-20,22-27H,4-6,8-12,14-16H2,1-3H3,(H,31,32)/t19-,20+,22-,23+,24?,25-,26?,27?,29-/m1/s1. The second-order valence-electron chi connectivity index (χ2n) is 12.1. The molecular formula is C29H43N3. The predicted molar refractivity (Wildman–Crippen MR) is 131 cm³/mol. The molecule has 32 heavy (non-hydrogen) atoms. The van der Waals surface area contributed by atoms with Crippen molar-refractivity contribution >= 4 is 5.82 Å². The van der Waals surface area contributed by atoms with Gasteiger partial charge in [-0.1, -0.05) is 33.1 Å². The van der Waals surface area contributed by atoms with Gasteiger partial charge in [0.05, 0.1) is 5.56 Å². The lowest BCUT2D eigenvalue weighted by molar-refractivity contribution is -0.0696. The Balaban J connectivity index is 1.26. The molecule has 0 saturated heterocycles. The van der Waals surface area contributed by atoms with Crippen molar-refractivity contribution in [3.63, 3.8) is 0 Å². The lowest BCUT2D eigenvalue weighted by atomic mass is 9.49. The minimum Gasteiger partial charge on any atom is -0.367 e. The largest absolute Gasteiger partial charge is 0.367 e. The maximum absolute atomic E-state index is 9.04. The summed E-state index contributed by atoms with van der Waals surface area (Å²) < 4.78 is 0. The highest BCUT2D eigenvalue weighted by molar-refractivity contribution is 5.40. The molecule has 1 aromatic heterocycles. The quantitative estimate of drug-likeness (QED) is 0.525. The highest BCUT2D eigenvalue weighted by atomic mass is 15.0. The maximum Gasteiger partial charge on any atom is 0.126 e. The van der Waals surface area contributed by atoms with Crippen molar-refractivity contribution in [1.82, 2.24) is 4.98 Å². The smallest absolute Gasteiger partial charge is 0.126 e. The zero-order valence-electron chi connectivity index (χ0n) is 20.5. The van der Waals surface area contributed by atoms with E-state index in [1.165, 1.54) is 64.2 Å². The number of anilines is 1. The number of nitrogens with zero attached hydrogens (tertiary/aromatic N) is 2. The minimum absolute atomic E-state index is 0.433. The Bertz CT molecular complexity index is 826. The molecule has 4 fully saturated rings. The average molecular weight is 434 g/mol. The molecule has 3 heteroatoms. The van der Waals surface area contributed by atoms with E-state index in [0.717, 1.165) is 47.2 Å². The summed E-state index contributed by atoms with van der Waals surface area (Å²) in [6.45, 7) is 7.38. The van der Waals surface area contributed by atoms with Crippen molar-refractivity contribution < 1.29 is 0 Å². The Labute approximate surface area is 195 Å². The molecule has 9 atom stereocenters. The fourth-order valence-electron chi connectivity index (χ4n) is 9.36. The lowest BCUT2D eigenvalue weighted by Gasteiger charge is -2.57. The van der Waals surface area contributed by atoms with E-state index in [0.29, 0.717) is 17.0 Å². The molecule has 1 aromatic rings. The molecular weight excluding hydrogens is 390 g/mol. The third kappa shape index (κ3) is 3.86.